The number of amides is 2. The molecule has 2 unspecified atom stereocenters. The van der Waals surface area contributed by atoms with Gasteiger partial charge in [0, 0.05) is 32.3 Å². The zero-order chi connectivity index (χ0) is 14.6. The summed E-state index contributed by atoms with van der Waals surface area (Å²) in [6, 6.07) is -0.326. The Balaban J connectivity index is 1.77. The molecule has 0 radical (unpaired) electrons. The highest BCUT2D eigenvalue weighted by Gasteiger charge is 2.26. The summed E-state index contributed by atoms with van der Waals surface area (Å²) >= 11 is 0. The zero-order valence-electron chi connectivity index (χ0n) is 11.8. The molecule has 7 nitrogen and oxygen atoms in total. The molecular weight excluding hydrogens is 282 g/mol. The fourth-order valence-electron chi connectivity index (χ4n) is 2.68. The van der Waals surface area contributed by atoms with Gasteiger partial charge in [-0.3, -0.25) is 0 Å². The molecule has 2 heterocycles. The molecule has 0 aromatic heterocycles. The average Bonchev–Trinajstić information content (AvgIpc) is 2.87. The minimum atomic E-state index is -3.23. The number of urea groups is 1. The van der Waals surface area contributed by atoms with Gasteiger partial charge in [-0.2, -0.15) is 0 Å². The number of nitrogens with zero attached hydrogens (tertiary/aromatic N) is 1. The average molecular weight is 305 g/mol. The van der Waals surface area contributed by atoms with Gasteiger partial charge in [0.05, 0.1) is 12.4 Å². The summed E-state index contributed by atoms with van der Waals surface area (Å²) < 4.78 is 30.5. The molecule has 2 fully saturated rings. The van der Waals surface area contributed by atoms with Gasteiger partial charge >= 0.3 is 6.03 Å². The maximum Gasteiger partial charge on any atom is 0.317 e. The molecule has 2 N–H and O–H groups in total. The molecule has 8 heteroatoms. The minimum Gasteiger partial charge on any atom is -0.376 e. The van der Waals surface area contributed by atoms with Gasteiger partial charge < -0.3 is 15.0 Å². The summed E-state index contributed by atoms with van der Waals surface area (Å²) in [7, 11) is -3.23. The largest absolute Gasteiger partial charge is 0.376 e. The molecule has 2 amide bonds. The van der Waals surface area contributed by atoms with E-state index >= 15 is 0 Å². The quantitative estimate of drug-likeness (QED) is 0.758. The van der Waals surface area contributed by atoms with Crippen molar-refractivity contribution in [3.63, 3.8) is 0 Å². The first-order chi connectivity index (χ1) is 9.44. The van der Waals surface area contributed by atoms with Crippen molar-refractivity contribution in [3.8, 4) is 0 Å². The molecule has 2 saturated heterocycles. The van der Waals surface area contributed by atoms with Gasteiger partial charge in [0.2, 0.25) is 10.0 Å². The zero-order valence-corrected chi connectivity index (χ0v) is 12.6. The van der Waals surface area contributed by atoms with Crippen LogP contribution in [0.1, 0.15) is 25.7 Å². The Morgan fingerprint density at radius 2 is 2.15 bits per heavy atom. The van der Waals surface area contributed by atoms with Crippen LogP contribution in [0.2, 0.25) is 0 Å². The molecule has 0 aromatic carbocycles. The van der Waals surface area contributed by atoms with Crippen LogP contribution in [-0.4, -0.2) is 64.0 Å². The van der Waals surface area contributed by atoms with Gasteiger partial charge in [0.15, 0.2) is 0 Å². The van der Waals surface area contributed by atoms with E-state index in [4.69, 9.17) is 4.74 Å². The van der Waals surface area contributed by atoms with E-state index < -0.39 is 10.0 Å². The summed E-state index contributed by atoms with van der Waals surface area (Å²) in [5.74, 6) is 0. The molecule has 20 heavy (non-hydrogen) atoms. The lowest BCUT2D eigenvalue weighted by molar-refractivity contribution is 0.107. The molecular formula is C12H23N3O4S. The summed E-state index contributed by atoms with van der Waals surface area (Å²) in [6.07, 6.45) is 4.86. The van der Waals surface area contributed by atoms with Crippen LogP contribution in [0.3, 0.4) is 0 Å². The van der Waals surface area contributed by atoms with Gasteiger partial charge in [0.25, 0.3) is 0 Å². The highest BCUT2D eigenvalue weighted by molar-refractivity contribution is 7.88. The Morgan fingerprint density at radius 1 is 1.35 bits per heavy atom. The van der Waals surface area contributed by atoms with Gasteiger partial charge in [0.1, 0.15) is 0 Å². The van der Waals surface area contributed by atoms with Crippen LogP contribution in [-0.2, 0) is 14.8 Å². The molecule has 0 aromatic rings. The molecule has 0 aliphatic carbocycles. The smallest absolute Gasteiger partial charge is 0.317 e. The second-order valence-corrected chi connectivity index (χ2v) is 7.28. The Hall–Kier alpha value is -0.860. The first-order valence-corrected chi connectivity index (χ1v) is 8.95. The number of carbonyl (C=O) groups is 1. The predicted molar refractivity (Wildman–Crippen MR) is 74.9 cm³/mol. The molecule has 2 aliphatic rings. The van der Waals surface area contributed by atoms with E-state index in [1.165, 1.54) is 0 Å². The number of likely N-dealkylation sites (tertiary alicyclic amines) is 1. The summed E-state index contributed by atoms with van der Waals surface area (Å²) in [6.45, 7) is 2.38. The highest BCUT2D eigenvalue weighted by atomic mass is 32.2. The van der Waals surface area contributed by atoms with E-state index in [1.54, 1.807) is 4.90 Å². The third-order valence-electron chi connectivity index (χ3n) is 3.59. The van der Waals surface area contributed by atoms with Gasteiger partial charge in [-0.1, -0.05) is 0 Å². The maximum absolute atomic E-state index is 12.0. The van der Waals surface area contributed by atoms with Crippen LogP contribution in [0.25, 0.3) is 0 Å². The molecule has 0 spiro atoms. The third-order valence-corrected chi connectivity index (χ3v) is 4.36. The van der Waals surface area contributed by atoms with Crippen molar-refractivity contribution >= 4 is 16.1 Å². The Morgan fingerprint density at radius 3 is 2.80 bits per heavy atom. The molecule has 0 bridgehead atoms. The Labute approximate surface area is 120 Å². The van der Waals surface area contributed by atoms with E-state index in [1.807, 2.05) is 0 Å². The minimum absolute atomic E-state index is 0.119. The van der Waals surface area contributed by atoms with Crippen LogP contribution in [0.15, 0.2) is 0 Å². The normalized spacial score (nSPS) is 27.6. The number of sulfonamides is 1. The molecule has 116 valence electrons. The van der Waals surface area contributed by atoms with Crippen molar-refractivity contribution in [3.05, 3.63) is 0 Å². The fourth-order valence-corrected chi connectivity index (χ4v) is 3.48. The van der Waals surface area contributed by atoms with Crippen molar-refractivity contribution in [2.45, 2.75) is 37.8 Å². The lowest BCUT2D eigenvalue weighted by Gasteiger charge is -2.33. The number of ether oxygens (including phenoxy) is 1. The number of piperidine rings is 1. The van der Waals surface area contributed by atoms with Crippen molar-refractivity contribution in [1.29, 1.82) is 0 Å². The van der Waals surface area contributed by atoms with Crippen LogP contribution < -0.4 is 10.0 Å². The van der Waals surface area contributed by atoms with Crippen molar-refractivity contribution in [2.24, 2.45) is 0 Å². The molecule has 2 aliphatic heterocycles. The number of nitrogens with one attached hydrogen (secondary N) is 2. The lowest BCUT2D eigenvalue weighted by Crippen LogP contribution is -2.52. The summed E-state index contributed by atoms with van der Waals surface area (Å²) in [4.78, 5) is 13.7. The summed E-state index contributed by atoms with van der Waals surface area (Å²) in [5, 5.41) is 2.86. The number of carbonyl (C=O) groups excluding carboxylic acids is 1. The third kappa shape index (κ3) is 4.92. The fraction of sp³-hybridized carbons (Fsp3) is 0.917. The summed E-state index contributed by atoms with van der Waals surface area (Å²) in [5.41, 5.74) is 0. The topological polar surface area (TPSA) is 87.7 Å². The van der Waals surface area contributed by atoms with Crippen molar-refractivity contribution in [1.82, 2.24) is 14.9 Å². The van der Waals surface area contributed by atoms with Crippen LogP contribution in [0.5, 0.6) is 0 Å². The van der Waals surface area contributed by atoms with Crippen molar-refractivity contribution < 1.29 is 17.9 Å². The monoisotopic (exact) mass is 305 g/mol. The van der Waals surface area contributed by atoms with Gasteiger partial charge in [-0.15, -0.1) is 0 Å². The Kier molecular flexibility index (Phi) is 5.22. The van der Waals surface area contributed by atoms with E-state index in [0.717, 1.165) is 38.5 Å². The predicted octanol–water partition coefficient (Wildman–Crippen LogP) is -0.111. The number of rotatable bonds is 4. The van der Waals surface area contributed by atoms with Gasteiger partial charge in [-0.05, 0) is 25.7 Å². The standard InChI is InChI=1S/C12H23N3O4S/c1-20(17,18)14-10-4-2-6-15(9-10)12(16)13-8-11-5-3-7-19-11/h10-11,14H,2-9H2,1H3,(H,13,16). The van der Waals surface area contributed by atoms with E-state index in [2.05, 4.69) is 10.0 Å². The molecule has 2 atom stereocenters. The number of hydrogen-bond donors (Lipinski definition) is 2. The molecule has 0 saturated carbocycles. The van der Waals surface area contributed by atoms with Gasteiger partial charge in [-0.25, -0.2) is 17.9 Å². The second-order valence-electron chi connectivity index (χ2n) is 5.50. The molecule has 2 rings (SSSR count). The van der Waals surface area contributed by atoms with Crippen molar-refractivity contribution in [2.75, 3.05) is 32.5 Å². The SMILES string of the molecule is CS(=O)(=O)NC1CCCN(C(=O)NCC2CCCO2)C1. The van der Waals surface area contributed by atoms with E-state index in [-0.39, 0.29) is 18.2 Å². The van der Waals surface area contributed by atoms with E-state index in [0.29, 0.717) is 19.6 Å². The highest BCUT2D eigenvalue weighted by Crippen LogP contribution is 2.13. The lowest BCUT2D eigenvalue weighted by atomic mass is 10.1. The van der Waals surface area contributed by atoms with Crippen LogP contribution in [0, 0.1) is 0 Å². The van der Waals surface area contributed by atoms with E-state index in [9.17, 15) is 13.2 Å². The van der Waals surface area contributed by atoms with Crippen LogP contribution in [0.4, 0.5) is 4.79 Å². The van der Waals surface area contributed by atoms with Crippen LogP contribution >= 0.6 is 0 Å². The maximum atomic E-state index is 12.0. The Bertz CT molecular complexity index is 434. The number of hydrogen-bond acceptors (Lipinski definition) is 4. The second kappa shape index (κ2) is 6.73. The first-order valence-electron chi connectivity index (χ1n) is 7.06. The first kappa shape index (κ1) is 15.5.